The van der Waals surface area contributed by atoms with Gasteiger partial charge in [0.2, 0.25) is 5.91 Å². The van der Waals surface area contributed by atoms with E-state index in [1.165, 1.54) is 28.8 Å². The number of nitrogens with zero attached hydrogens (tertiary/aromatic N) is 1. The molecule has 5 nitrogen and oxygen atoms in total. The molecule has 1 unspecified atom stereocenters. The van der Waals surface area contributed by atoms with Gasteiger partial charge < -0.3 is 10.4 Å². The highest BCUT2D eigenvalue weighted by molar-refractivity contribution is 7.09. The number of nitrogens with one attached hydrogen (secondary N) is 1. The minimum Gasteiger partial charge on any atom is -0.476 e. The van der Waals surface area contributed by atoms with Crippen molar-refractivity contribution >= 4 is 23.2 Å². The van der Waals surface area contributed by atoms with Gasteiger partial charge in [0.15, 0.2) is 5.69 Å². The number of carbonyl (C=O) groups excluding carboxylic acids is 1. The van der Waals surface area contributed by atoms with E-state index in [9.17, 15) is 14.0 Å². The molecule has 2 N–H and O–H groups in total. The third-order valence-electron chi connectivity index (χ3n) is 3.34. The van der Waals surface area contributed by atoms with E-state index in [2.05, 4.69) is 10.3 Å². The van der Waals surface area contributed by atoms with Crippen LogP contribution in [0.5, 0.6) is 0 Å². The second kappa shape index (κ2) is 7.82. The van der Waals surface area contributed by atoms with Crippen molar-refractivity contribution in [1.82, 2.24) is 10.3 Å². The van der Waals surface area contributed by atoms with Gasteiger partial charge in [0, 0.05) is 24.8 Å². The number of hydrogen-bond donors (Lipinski definition) is 2. The average molecular weight is 336 g/mol. The SMILES string of the molecule is CC(CC(=O)NCCc1nc(C(=O)O)cs1)c1cccc(F)c1. The van der Waals surface area contributed by atoms with Crippen LogP contribution in [-0.4, -0.2) is 28.5 Å². The Kier molecular flexibility index (Phi) is 5.81. The van der Waals surface area contributed by atoms with Gasteiger partial charge in [0.05, 0.1) is 5.01 Å². The molecule has 0 bridgehead atoms. The quantitative estimate of drug-likeness (QED) is 0.815. The predicted molar refractivity (Wildman–Crippen MR) is 85.2 cm³/mol. The number of hydrogen-bond acceptors (Lipinski definition) is 4. The number of carbonyl (C=O) groups is 2. The first kappa shape index (κ1) is 17.1. The Bertz CT molecular complexity index is 702. The molecule has 1 heterocycles. The van der Waals surface area contributed by atoms with Gasteiger partial charge in [-0.25, -0.2) is 14.2 Å². The smallest absolute Gasteiger partial charge is 0.355 e. The fourth-order valence-corrected chi connectivity index (χ4v) is 2.89. The lowest BCUT2D eigenvalue weighted by molar-refractivity contribution is -0.121. The summed E-state index contributed by atoms with van der Waals surface area (Å²) in [4.78, 5) is 26.6. The maximum Gasteiger partial charge on any atom is 0.355 e. The monoisotopic (exact) mass is 336 g/mol. The van der Waals surface area contributed by atoms with Gasteiger partial charge in [-0.15, -0.1) is 11.3 Å². The lowest BCUT2D eigenvalue weighted by Crippen LogP contribution is -2.26. The van der Waals surface area contributed by atoms with Gasteiger partial charge >= 0.3 is 5.97 Å². The molecule has 0 spiro atoms. The third kappa shape index (κ3) is 5.14. The van der Waals surface area contributed by atoms with Crippen LogP contribution in [0.1, 0.15) is 40.3 Å². The number of amides is 1. The Balaban J connectivity index is 1.77. The van der Waals surface area contributed by atoms with Crippen LogP contribution in [0.2, 0.25) is 0 Å². The number of aromatic carboxylic acids is 1. The minimum atomic E-state index is -1.06. The van der Waals surface area contributed by atoms with Gasteiger partial charge in [0.1, 0.15) is 5.82 Å². The largest absolute Gasteiger partial charge is 0.476 e. The van der Waals surface area contributed by atoms with E-state index in [1.54, 1.807) is 12.1 Å². The fraction of sp³-hybridized carbons (Fsp3) is 0.312. The molecule has 1 amide bonds. The molecule has 0 saturated heterocycles. The van der Waals surface area contributed by atoms with Crippen LogP contribution in [0, 0.1) is 5.82 Å². The molecular formula is C16H17FN2O3S. The number of benzene rings is 1. The molecule has 0 aliphatic heterocycles. The van der Waals surface area contributed by atoms with Gasteiger partial charge in [-0.3, -0.25) is 4.79 Å². The first-order chi connectivity index (χ1) is 11.0. The van der Waals surface area contributed by atoms with E-state index >= 15 is 0 Å². The Hall–Kier alpha value is -2.28. The van der Waals surface area contributed by atoms with Crippen LogP contribution >= 0.6 is 11.3 Å². The van der Waals surface area contributed by atoms with E-state index in [0.29, 0.717) is 18.0 Å². The van der Waals surface area contributed by atoms with Crippen molar-refractivity contribution in [3.63, 3.8) is 0 Å². The summed E-state index contributed by atoms with van der Waals surface area (Å²) in [6.07, 6.45) is 0.750. The van der Waals surface area contributed by atoms with E-state index in [1.807, 2.05) is 6.92 Å². The Morgan fingerprint density at radius 1 is 1.43 bits per heavy atom. The number of carboxylic acid groups (broad SMARTS) is 1. The molecule has 2 rings (SSSR count). The van der Waals surface area contributed by atoms with Crippen molar-refractivity contribution in [1.29, 1.82) is 0 Å². The van der Waals surface area contributed by atoms with Crippen molar-refractivity contribution in [2.45, 2.75) is 25.7 Å². The van der Waals surface area contributed by atoms with Gasteiger partial charge in [-0.1, -0.05) is 19.1 Å². The zero-order valence-corrected chi connectivity index (χ0v) is 13.4. The summed E-state index contributed by atoms with van der Waals surface area (Å²) in [6.45, 7) is 2.26. The molecule has 7 heteroatoms. The van der Waals surface area contributed by atoms with Crippen molar-refractivity contribution in [3.05, 3.63) is 51.7 Å². The zero-order chi connectivity index (χ0) is 16.8. The molecule has 0 aliphatic carbocycles. The lowest BCUT2D eigenvalue weighted by atomic mass is 9.97. The number of thiazole rings is 1. The van der Waals surface area contributed by atoms with Crippen molar-refractivity contribution < 1.29 is 19.1 Å². The molecule has 1 aromatic carbocycles. The molecule has 1 aromatic heterocycles. The zero-order valence-electron chi connectivity index (χ0n) is 12.6. The van der Waals surface area contributed by atoms with Crippen molar-refractivity contribution in [3.8, 4) is 0 Å². The fourth-order valence-electron chi connectivity index (χ4n) is 2.11. The summed E-state index contributed by atoms with van der Waals surface area (Å²) in [7, 11) is 0. The molecule has 2 aromatic rings. The molecule has 122 valence electrons. The Morgan fingerprint density at radius 3 is 2.87 bits per heavy atom. The lowest BCUT2D eigenvalue weighted by Gasteiger charge is -2.12. The maximum absolute atomic E-state index is 13.2. The summed E-state index contributed by atoms with van der Waals surface area (Å²) in [5.74, 6) is -1.57. The Labute approximate surface area is 137 Å². The van der Waals surface area contributed by atoms with Crippen LogP contribution in [0.4, 0.5) is 4.39 Å². The highest BCUT2D eigenvalue weighted by Crippen LogP contribution is 2.19. The molecule has 0 saturated carbocycles. The number of aromatic nitrogens is 1. The topological polar surface area (TPSA) is 79.3 Å². The highest BCUT2D eigenvalue weighted by atomic mass is 32.1. The van der Waals surface area contributed by atoms with Gasteiger partial charge in [-0.2, -0.15) is 0 Å². The van der Waals surface area contributed by atoms with E-state index < -0.39 is 5.97 Å². The average Bonchev–Trinajstić information content (AvgIpc) is 2.96. The third-order valence-corrected chi connectivity index (χ3v) is 4.25. The van der Waals surface area contributed by atoms with Crippen LogP contribution in [0.15, 0.2) is 29.6 Å². The number of rotatable bonds is 7. The predicted octanol–water partition coefficient (Wildman–Crippen LogP) is 2.83. The summed E-state index contributed by atoms with van der Waals surface area (Å²) in [5, 5.41) is 13.7. The normalized spacial score (nSPS) is 11.9. The summed E-state index contributed by atoms with van der Waals surface area (Å²) < 4.78 is 13.2. The molecule has 0 radical (unpaired) electrons. The highest BCUT2D eigenvalue weighted by Gasteiger charge is 2.12. The van der Waals surface area contributed by atoms with Crippen LogP contribution in [0.25, 0.3) is 0 Å². The minimum absolute atomic E-state index is 0.0241. The van der Waals surface area contributed by atoms with Gasteiger partial charge in [-0.05, 0) is 23.6 Å². The summed E-state index contributed by atoms with van der Waals surface area (Å²) in [5.41, 5.74) is 0.808. The second-order valence-electron chi connectivity index (χ2n) is 5.19. The molecule has 0 fully saturated rings. The van der Waals surface area contributed by atoms with Crippen LogP contribution < -0.4 is 5.32 Å². The summed E-state index contributed by atoms with van der Waals surface area (Å²) in [6, 6.07) is 6.22. The van der Waals surface area contributed by atoms with E-state index in [0.717, 1.165) is 5.56 Å². The molecular weight excluding hydrogens is 319 g/mol. The van der Waals surface area contributed by atoms with Crippen LogP contribution in [-0.2, 0) is 11.2 Å². The molecule has 23 heavy (non-hydrogen) atoms. The molecule has 0 aliphatic rings. The number of halogens is 1. The first-order valence-corrected chi connectivity index (χ1v) is 8.03. The van der Waals surface area contributed by atoms with Crippen molar-refractivity contribution in [2.75, 3.05) is 6.54 Å². The van der Waals surface area contributed by atoms with Crippen LogP contribution in [0.3, 0.4) is 0 Å². The van der Waals surface area contributed by atoms with Gasteiger partial charge in [0.25, 0.3) is 0 Å². The second-order valence-corrected chi connectivity index (χ2v) is 6.13. The standard InChI is InChI=1S/C16H17FN2O3S/c1-10(11-3-2-4-12(17)8-11)7-14(20)18-6-5-15-19-13(9-23-15)16(21)22/h2-4,8-10H,5-7H2,1H3,(H,18,20)(H,21,22). The maximum atomic E-state index is 13.2. The summed E-state index contributed by atoms with van der Waals surface area (Å²) >= 11 is 1.26. The molecule has 1 atom stereocenters. The van der Waals surface area contributed by atoms with E-state index in [-0.39, 0.29) is 29.8 Å². The van der Waals surface area contributed by atoms with E-state index in [4.69, 9.17) is 5.11 Å². The van der Waals surface area contributed by atoms with Crippen molar-refractivity contribution in [2.24, 2.45) is 0 Å². The Morgan fingerprint density at radius 2 is 2.22 bits per heavy atom. The first-order valence-electron chi connectivity index (χ1n) is 7.15. The number of carboxylic acids is 1.